The van der Waals surface area contributed by atoms with Crippen LogP contribution >= 0.6 is 0 Å². The quantitative estimate of drug-likeness (QED) is 0.128. The molecule has 0 aromatic heterocycles. The Morgan fingerprint density at radius 2 is 0.941 bits per heavy atom. The molecule has 0 radical (unpaired) electrons. The minimum Gasteiger partial charge on any atom is -0.391 e. The summed E-state index contributed by atoms with van der Waals surface area (Å²) in [5.41, 5.74) is 0. The van der Waals surface area contributed by atoms with E-state index in [1.807, 2.05) is 41.5 Å². The lowest BCUT2D eigenvalue weighted by atomic mass is 9.91. The number of carbonyl (C=O) groups excluding carboxylic acids is 11. The van der Waals surface area contributed by atoms with Gasteiger partial charge < -0.3 is 65.8 Å². The third kappa shape index (κ3) is 21.0. The van der Waals surface area contributed by atoms with Gasteiger partial charge in [-0.3, -0.25) is 52.7 Å². The van der Waals surface area contributed by atoms with Crippen LogP contribution in [0.25, 0.3) is 0 Å². The average molecular weight is 1200 g/mol. The van der Waals surface area contributed by atoms with Crippen molar-refractivity contribution in [3.05, 3.63) is 12.2 Å². The van der Waals surface area contributed by atoms with Gasteiger partial charge in [-0.15, -0.1) is 0 Å². The van der Waals surface area contributed by atoms with E-state index in [4.69, 9.17) is 0 Å². The molecule has 1 saturated heterocycles. The molecule has 0 aromatic carbocycles. The number of hydrogen-bond donors (Lipinski definition) is 6. The SMILES string of the molecule is C/C=C/C[C@@H](C)[C@@H](O)[C@H]1C(=O)N[C@@H](CC)C(=O)N(C)CC(=O)N(CC)[C@@H]([C@@H](C)O)C(=O)N[C@@H](C(C)C)C(=O)N(C)[C@@H](CC(C)C)C(=O)N[C@@H](C)C(=O)N[C@H](C)C(=O)N(C)[C@@H](CC(C)C)C(=O)N(C)[C@@H](CC(C)C)C(=O)N(C)[C@@H](C(C)C)C(=O)N1C. The molecule has 1 fully saturated rings. The maximum Gasteiger partial charge on any atom is 0.246 e. The summed E-state index contributed by atoms with van der Waals surface area (Å²) < 4.78 is 0. The molecule has 0 aromatic rings. The first-order valence-corrected chi connectivity index (χ1v) is 30.3. The van der Waals surface area contributed by atoms with Crippen LogP contribution in [0.15, 0.2) is 12.2 Å². The lowest BCUT2D eigenvalue weighted by molar-refractivity contribution is -0.157. The molecule has 24 nitrogen and oxygen atoms in total. The molecule has 0 saturated carbocycles. The van der Waals surface area contributed by atoms with Gasteiger partial charge >= 0.3 is 0 Å². The zero-order valence-electron chi connectivity index (χ0n) is 55.5. The van der Waals surface area contributed by atoms with E-state index >= 15 is 9.59 Å². The number of amides is 11. The predicted molar refractivity (Wildman–Crippen MR) is 325 cm³/mol. The summed E-state index contributed by atoms with van der Waals surface area (Å²) in [4.78, 5) is 168. The molecule has 11 amide bonds. The van der Waals surface area contributed by atoms with E-state index in [0.29, 0.717) is 6.42 Å². The van der Waals surface area contributed by atoms with Gasteiger partial charge in [-0.1, -0.05) is 95.2 Å². The maximum absolute atomic E-state index is 15.1. The van der Waals surface area contributed by atoms with Gasteiger partial charge in [0.05, 0.1) is 18.8 Å². The molecule has 0 bridgehead atoms. The van der Waals surface area contributed by atoms with E-state index in [2.05, 4.69) is 21.3 Å². The Morgan fingerprint density at radius 3 is 1.39 bits per heavy atom. The van der Waals surface area contributed by atoms with Gasteiger partial charge in [-0.25, -0.2) is 0 Å². The van der Waals surface area contributed by atoms with Gasteiger partial charge in [0.1, 0.15) is 60.4 Å². The average Bonchev–Trinajstić information content (AvgIpc) is 3.56. The largest absolute Gasteiger partial charge is 0.391 e. The predicted octanol–water partition coefficient (Wildman–Crippen LogP) is 1.99. The third-order valence-electron chi connectivity index (χ3n) is 15.9. The van der Waals surface area contributed by atoms with Crippen LogP contribution in [0.2, 0.25) is 0 Å². The summed E-state index contributed by atoms with van der Waals surface area (Å²) in [5, 5.41) is 34.0. The number of nitrogens with zero attached hydrogens (tertiary/aromatic N) is 7. The molecule has 1 rings (SSSR count). The number of aliphatic hydroxyl groups excluding tert-OH is 2. The molecule has 0 aliphatic carbocycles. The highest BCUT2D eigenvalue weighted by molar-refractivity contribution is 5.99. The second-order valence-electron chi connectivity index (χ2n) is 25.3. The molecule has 486 valence electrons. The van der Waals surface area contributed by atoms with E-state index in [0.717, 1.165) is 14.7 Å². The van der Waals surface area contributed by atoms with Gasteiger partial charge in [0.15, 0.2) is 0 Å². The van der Waals surface area contributed by atoms with E-state index < -0.39 is 162 Å². The highest BCUT2D eigenvalue weighted by Gasteiger charge is 2.46. The van der Waals surface area contributed by atoms with Gasteiger partial charge in [-0.05, 0) is 102 Å². The molecule has 0 spiro atoms. The van der Waals surface area contributed by atoms with Crippen LogP contribution < -0.4 is 21.3 Å². The Labute approximate surface area is 507 Å². The fourth-order valence-corrected chi connectivity index (χ4v) is 10.7. The molecular formula is C61H109N11O13. The monoisotopic (exact) mass is 1200 g/mol. The number of carbonyl (C=O) groups is 11. The summed E-state index contributed by atoms with van der Waals surface area (Å²) in [6.45, 7) is 27.9. The molecule has 1 aliphatic rings. The van der Waals surface area contributed by atoms with E-state index in [-0.39, 0.29) is 50.0 Å². The van der Waals surface area contributed by atoms with Gasteiger partial charge in [-0.2, -0.15) is 0 Å². The lowest BCUT2D eigenvalue weighted by Gasteiger charge is -2.41. The highest BCUT2D eigenvalue weighted by atomic mass is 16.3. The van der Waals surface area contributed by atoms with E-state index in [1.54, 1.807) is 67.5 Å². The van der Waals surface area contributed by atoms with Crippen molar-refractivity contribution in [2.75, 3.05) is 55.4 Å². The molecule has 24 heteroatoms. The second-order valence-corrected chi connectivity index (χ2v) is 25.3. The van der Waals surface area contributed by atoms with Crippen LogP contribution in [0.5, 0.6) is 0 Å². The van der Waals surface area contributed by atoms with Crippen molar-refractivity contribution in [3.63, 3.8) is 0 Å². The molecule has 6 N–H and O–H groups in total. The maximum atomic E-state index is 15.1. The second kappa shape index (κ2) is 34.8. The molecular weight excluding hydrogens is 1090 g/mol. The molecule has 85 heavy (non-hydrogen) atoms. The van der Waals surface area contributed by atoms with Gasteiger partial charge in [0.2, 0.25) is 65.0 Å². The first kappa shape index (κ1) is 76.8. The van der Waals surface area contributed by atoms with Crippen LogP contribution in [-0.2, 0) is 52.7 Å². The van der Waals surface area contributed by atoms with Gasteiger partial charge in [0.25, 0.3) is 0 Å². The van der Waals surface area contributed by atoms with Crippen molar-refractivity contribution in [3.8, 4) is 0 Å². The Morgan fingerprint density at radius 1 is 0.494 bits per heavy atom. The Bertz CT molecular complexity index is 2330. The van der Waals surface area contributed by atoms with Crippen molar-refractivity contribution in [2.45, 2.75) is 222 Å². The number of rotatable bonds is 15. The highest BCUT2D eigenvalue weighted by Crippen LogP contribution is 2.25. The Kier molecular flexibility index (Phi) is 31.5. The first-order chi connectivity index (χ1) is 39.3. The van der Waals surface area contributed by atoms with Crippen LogP contribution in [0, 0.1) is 35.5 Å². The fourth-order valence-electron chi connectivity index (χ4n) is 10.7. The minimum absolute atomic E-state index is 0.0168. The molecule has 1 heterocycles. The lowest BCUT2D eigenvalue weighted by Crippen LogP contribution is -2.63. The van der Waals surface area contributed by atoms with E-state index in [1.165, 1.54) is 82.7 Å². The third-order valence-corrected chi connectivity index (χ3v) is 15.9. The van der Waals surface area contributed by atoms with Crippen LogP contribution in [0.3, 0.4) is 0 Å². The summed E-state index contributed by atoms with van der Waals surface area (Å²) in [7, 11) is 8.34. The number of allylic oxidation sites excluding steroid dienone is 2. The van der Waals surface area contributed by atoms with E-state index in [9.17, 15) is 53.4 Å². The van der Waals surface area contributed by atoms with Gasteiger partial charge in [0, 0.05) is 48.8 Å². The zero-order chi connectivity index (χ0) is 66.0. The summed E-state index contributed by atoms with van der Waals surface area (Å²) >= 11 is 0. The standard InChI is InChI=1S/C61H109N11O13/c1-24-27-28-38(14)51(75)50-55(79)64-42(25-2)57(81)66(18)32-46(74)72(26-3)49(41(17)73)54(78)65-47(36(10)11)60(84)67(19)43(29-33(4)5)53(77)62-39(15)52(76)63-40(16)56(80)68(20)44(30-34(6)7)58(82)69(21)45(31-35(8)9)59(83)70(22)48(37(12)13)61(85)71(50)23/h24,27,33-45,47-51,73,75H,25-26,28-32H2,1-23H3,(H,62,77)(H,63,76)(H,64,79)(H,65,78)/b27-24+/t38-,39+,40-,41-,42+,43+,44+,45+,47+,48+,49+,50+,51-/m1/s1. The van der Waals surface area contributed by atoms with Crippen LogP contribution in [-0.4, -0.2) is 237 Å². The van der Waals surface area contributed by atoms with Crippen molar-refractivity contribution >= 4 is 65.0 Å². The Hall–Kier alpha value is -6.17. The van der Waals surface area contributed by atoms with Crippen molar-refractivity contribution in [1.29, 1.82) is 0 Å². The molecule has 1 aliphatic heterocycles. The van der Waals surface area contributed by atoms with Crippen LogP contribution in [0.1, 0.15) is 150 Å². The van der Waals surface area contributed by atoms with Crippen molar-refractivity contribution in [1.82, 2.24) is 55.6 Å². The molecule has 13 atom stereocenters. The Balaban J connectivity index is 4.34. The summed E-state index contributed by atoms with van der Waals surface area (Å²) in [6, 6.07) is -13.1. The topological polar surface area (TPSA) is 299 Å². The summed E-state index contributed by atoms with van der Waals surface area (Å²) in [6.07, 6.45) is 1.20. The summed E-state index contributed by atoms with van der Waals surface area (Å²) in [5.74, 6) is -10.4. The molecule has 0 unspecified atom stereocenters. The normalized spacial score (nSPS) is 27.2. The van der Waals surface area contributed by atoms with Crippen molar-refractivity contribution < 1.29 is 63.0 Å². The number of nitrogens with one attached hydrogen (secondary N) is 4. The fraction of sp³-hybridized carbons (Fsp3) is 0.787. The first-order valence-electron chi connectivity index (χ1n) is 30.3. The van der Waals surface area contributed by atoms with Crippen LogP contribution in [0.4, 0.5) is 0 Å². The number of aliphatic hydroxyl groups is 2. The number of hydrogen-bond acceptors (Lipinski definition) is 13. The smallest absolute Gasteiger partial charge is 0.246 e. The minimum atomic E-state index is -1.64. The zero-order valence-corrected chi connectivity index (χ0v) is 55.5. The van der Waals surface area contributed by atoms with Crippen molar-refractivity contribution in [2.24, 2.45) is 35.5 Å². The number of likely N-dealkylation sites (N-methyl/N-ethyl adjacent to an activating group) is 7.